The number of hydrogen-bond acceptors (Lipinski definition) is 4. The van der Waals surface area contributed by atoms with Gasteiger partial charge in [-0.15, -0.1) is 0 Å². The molecular formula is C15H24N2O3. The van der Waals surface area contributed by atoms with Crippen LogP contribution >= 0.6 is 0 Å². The lowest BCUT2D eigenvalue weighted by molar-refractivity contribution is -0.124. The number of carbonyl (C=O) groups excluding carboxylic acids is 1. The van der Waals surface area contributed by atoms with Gasteiger partial charge in [-0.1, -0.05) is 25.1 Å². The van der Waals surface area contributed by atoms with Gasteiger partial charge in [0.15, 0.2) is 0 Å². The number of amides is 1. The highest BCUT2D eigenvalue weighted by Crippen LogP contribution is 2.08. The first-order valence-corrected chi connectivity index (χ1v) is 6.79. The topological polar surface area (TPSA) is 61.8 Å². The third kappa shape index (κ3) is 6.04. The van der Waals surface area contributed by atoms with Gasteiger partial charge < -0.3 is 20.1 Å². The number of ether oxygens (including phenoxy) is 1. The third-order valence-corrected chi connectivity index (χ3v) is 2.99. The Morgan fingerprint density at radius 1 is 1.35 bits per heavy atom. The van der Waals surface area contributed by atoms with Gasteiger partial charge >= 0.3 is 0 Å². The van der Waals surface area contributed by atoms with Crippen molar-refractivity contribution in [3.05, 3.63) is 30.3 Å². The van der Waals surface area contributed by atoms with Gasteiger partial charge in [-0.25, -0.2) is 0 Å². The summed E-state index contributed by atoms with van der Waals surface area (Å²) in [7, 11) is 3.51. The SMILES string of the molecule is CNC(=O)C(C)CN(C)CC(O)COc1ccccc1. The number of aliphatic hydroxyl groups excluding tert-OH is 1. The van der Waals surface area contributed by atoms with E-state index in [0.717, 1.165) is 5.75 Å². The highest BCUT2D eigenvalue weighted by molar-refractivity contribution is 5.78. The fourth-order valence-electron chi connectivity index (χ4n) is 1.99. The molecule has 2 atom stereocenters. The van der Waals surface area contributed by atoms with E-state index in [-0.39, 0.29) is 18.4 Å². The highest BCUT2D eigenvalue weighted by atomic mass is 16.5. The van der Waals surface area contributed by atoms with Crippen LogP contribution in [0.2, 0.25) is 0 Å². The molecule has 1 aromatic rings. The predicted octanol–water partition coefficient (Wildman–Crippen LogP) is 0.740. The smallest absolute Gasteiger partial charge is 0.223 e. The zero-order valence-electron chi connectivity index (χ0n) is 12.4. The second-order valence-corrected chi connectivity index (χ2v) is 5.01. The molecule has 1 aromatic carbocycles. The van der Waals surface area contributed by atoms with E-state index in [9.17, 15) is 9.90 Å². The van der Waals surface area contributed by atoms with E-state index >= 15 is 0 Å². The van der Waals surface area contributed by atoms with E-state index in [1.807, 2.05) is 49.2 Å². The van der Waals surface area contributed by atoms with Crippen LogP contribution in [0, 0.1) is 5.92 Å². The Kier molecular flexibility index (Phi) is 7.04. The number of aliphatic hydroxyl groups is 1. The molecule has 0 spiro atoms. The second-order valence-electron chi connectivity index (χ2n) is 5.01. The van der Waals surface area contributed by atoms with Crippen LogP contribution in [-0.2, 0) is 4.79 Å². The molecule has 5 heteroatoms. The Balaban J connectivity index is 2.27. The molecule has 112 valence electrons. The molecule has 0 heterocycles. The molecule has 0 radical (unpaired) electrons. The maximum Gasteiger partial charge on any atom is 0.223 e. The summed E-state index contributed by atoms with van der Waals surface area (Å²) in [4.78, 5) is 13.3. The second kappa shape index (κ2) is 8.55. The maximum atomic E-state index is 11.4. The average molecular weight is 280 g/mol. The van der Waals surface area contributed by atoms with Crippen molar-refractivity contribution in [2.75, 3.05) is 33.8 Å². The standard InChI is InChI=1S/C15H24N2O3/c1-12(15(19)16-2)9-17(3)10-13(18)11-20-14-7-5-4-6-8-14/h4-8,12-13,18H,9-11H2,1-3H3,(H,16,19). The van der Waals surface area contributed by atoms with Gasteiger partial charge in [0, 0.05) is 26.1 Å². The van der Waals surface area contributed by atoms with Crippen molar-refractivity contribution >= 4 is 5.91 Å². The molecule has 0 saturated heterocycles. The van der Waals surface area contributed by atoms with Crippen molar-refractivity contribution in [1.29, 1.82) is 0 Å². The number of hydrogen-bond donors (Lipinski definition) is 2. The largest absolute Gasteiger partial charge is 0.491 e. The lowest BCUT2D eigenvalue weighted by atomic mass is 10.1. The van der Waals surface area contributed by atoms with Crippen molar-refractivity contribution in [2.24, 2.45) is 5.92 Å². The van der Waals surface area contributed by atoms with E-state index in [1.54, 1.807) is 7.05 Å². The van der Waals surface area contributed by atoms with Crippen molar-refractivity contribution in [1.82, 2.24) is 10.2 Å². The molecule has 20 heavy (non-hydrogen) atoms. The Morgan fingerprint density at radius 2 is 2.00 bits per heavy atom. The number of likely N-dealkylation sites (N-methyl/N-ethyl adjacent to an activating group) is 1. The Hall–Kier alpha value is -1.59. The molecule has 0 aliphatic heterocycles. The van der Waals surface area contributed by atoms with E-state index in [0.29, 0.717) is 13.1 Å². The van der Waals surface area contributed by atoms with Gasteiger partial charge in [-0.2, -0.15) is 0 Å². The normalized spacial score (nSPS) is 13.8. The third-order valence-electron chi connectivity index (χ3n) is 2.99. The molecule has 0 bridgehead atoms. The monoisotopic (exact) mass is 280 g/mol. The van der Waals surface area contributed by atoms with Crippen molar-refractivity contribution < 1.29 is 14.6 Å². The summed E-state index contributed by atoms with van der Waals surface area (Å²) < 4.78 is 5.49. The van der Waals surface area contributed by atoms with E-state index in [4.69, 9.17) is 4.74 Å². The number of nitrogens with zero attached hydrogens (tertiary/aromatic N) is 1. The summed E-state index contributed by atoms with van der Waals surface area (Å²) in [6, 6.07) is 9.39. The van der Waals surface area contributed by atoms with Crippen LogP contribution in [0.3, 0.4) is 0 Å². The van der Waals surface area contributed by atoms with Crippen LogP contribution in [0.5, 0.6) is 5.75 Å². The van der Waals surface area contributed by atoms with Crippen molar-refractivity contribution in [3.63, 3.8) is 0 Å². The summed E-state index contributed by atoms with van der Waals surface area (Å²) in [6.07, 6.45) is -0.586. The first-order valence-electron chi connectivity index (χ1n) is 6.79. The van der Waals surface area contributed by atoms with Crippen LogP contribution in [-0.4, -0.2) is 55.8 Å². The predicted molar refractivity (Wildman–Crippen MR) is 78.7 cm³/mol. The Morgan fingerprint density at radius 3 is 2.60 bits per heavy atom. The number of benzene rings is 1. The number of carbonyl (C=O) groups is 1. The van der Waals surface area contributed by atoms with Crippen molar-refractivity contribution in [3.8, 4) is 5.75 Å². The van der Waals surface area contributed by atoms with Crippen LogP contribution < -0.4 is 10.1 Å². The molecule has 0 aliphatic rings. The van der Waals surface area contributed by atoms with E-state index < -0.39 is 6.10 Å². The van der Waals surface area contributed by atoms with Crippen LogP contribution in [0.25, 0.3) is 0 Å². The molecule has 0 fully saturated rings. The molecule has 5 nitrogen and oxygen atoms in total. The molecular weight excluding hydrogens is 256 g/mol. The van der Waals surface area contributed by atoms with Gasteiger partial charge in [-0.3, -0.25) is 4.79 Å². The van der Waals surface area contributed by atoms with Crippen molar-refractivity contribution in [2.45, 2.75) is 13.0 Å². The summed E-state index contributed by atoms with van der Waals surface area (Å²) in [5.74, 6) is 0.645. The fraction of sp³-hybridized carbons (Fsp3) is 0.533. The number of nitrogens with one attached hydrogen (secondary N) is 1. The molecule has 0 aromatic heterocycles. The van der Waals surface area contributed by atoms with Gasteiger partial charge in [0.25, 0.3) is 0 Å². The Bertz CT molecular complexity index is 397. The van der Waals surface area contributed by atoms with E-state index in [2.05, 4.69) is 5.32 Å². The van der Waals surface area contributed by atoms with E-state index in [1.165, 1.54) is 0 Å². The maximum absolute atomic E-state index is 11.4. The highest BCUT2D eigenvalue weighted by Gasteiger charge is 2.16. The summed E-state index contributed by atoms with van der Waals surface area (Å²) in [6.45, 7) is 3.17. The molecule has 1 amide bonds. The van der Waals surface area contributed by atoms with Crippen LogP contribution in [0.15, 0.2) is 30.3 Å². The van der Waals surface area contributed by atoms with Gasteiger partial charge in [0.05, 0.1) is 0 Å². The summed E-state index contributed by atoms with van der Waals surface area (Å²) in [5, 5.41) is 12.5. The summed E-state index contributed by atoms with van der Waals surface area (Å²) in [5.41, 5.74) is 0. The number of para-hydroxylation sites is 1. The molecule has 0 aliphatic carbocycles. The lowest BCUT2D eigenvalue weighted by Gasteiger charge is -2.23. The Labute approximate surface area is 120 Å². The average Bonchev–Trinajstić information content (AvgIpc) is 2.45. The minimum atomic E-state index is -0.586. The zero-order valence-corrected chi connectivity index (χ0v) is 12.4. The van der Waals surface area contributed by atoms with Gasteiger partial charge in [0.1, 0.15) is 18.5 Å². The summed E-state index contributed by atoms with van der Waals surface area (Å²) >= 11 is 0. The van der Waals surface area contributed by atoms with Gasteiger partial charge in [-0.05, 0) is 19.2 Å². The lowest BCUT2D eigenvalue weighted by Crippen LogP contribution is -2.39. The first-order chi connectivity index (χ1) is 9.52. The molecule has 0 saturated carbocycles. The quantitative estimate of drug-likeness (QED) is 0.737. The fourth-order valence-corrected chi connectivity index (χ4v) is 1.99. The minimum Gasteiger partial charge on any atom is -0.491 e. The zero-order chi connectivity index (χ0) is 15.0. The molecule has 1 rings (SSSR count). The minimum absolute atomic E-state index is 0.00637. The molecule has 2 unspecified atom stereocenters. The van der Waals surface area contributed by atoms with Crippen LogP contribution in [0.4, 0.5) is 0 Å². The molecule has 2 N–H and O–H groups in total. The van der Waals surface area contributed by atoms with Crippen LogP contribution in [0.1, 0.15) is 6.92 Å². The van der Waals surface area contributed by atoms with Gasteiger partial charge in [0.2, 0.25) is 5.91 Å². The number of rotatable bonds is 8. The first kappa shape index (κ1) is 16.5.